The molecule has 0 aliphatic carbocycles. The minimum absolute atomic E-state index is 0.0835. The lowest BCUT2D eigenvalue weighted by Gasteiger charge is -2.26. The van der Waals surface area contributed by atoms with Gasteiger partial charge < -0.3 is 24.1 Å². The van der Waals surface area contributed by atoms with Gasteiger partial charge in [0.05, 0.1) is 32.4 Å². The van der Waals surface area contributed by atoms with E-state index in [0.717, 1.165) is 60.8 Å². The third kappa shape index (κ3) is 5.06. The number of nitrogens with zero attached hydrogens (tertiary/aromatic N) is 2. The zero-order valence-corrected chi connectivity index (χ0v) is 18.8. The van der Waals surface area contributed by atoms with Crippen molar-refractivity contribution in [2.45, 2.75) is 13.5 Å². The van der Waals surface area contributed by atoms with Crippen LogP contribution in [0, 0.1) is 0 Å². The molecule has 1 N–H and O–H groups in total. The number of morpholine rings is 1. The molecule has 2 aromatic carbocycles. The quantitative estimate of drug-likeness (QED) is 0.557. The molecule has 7 heteroatoms. The molecule has 0 unspecified atom stereocenters. The number of hydrogen-bond acceptors (Lipinski definition) is 5. The van der Waals surface area contributed by atoms with E-state index in [4.69, 9.17) is 14.2 Å². The number of amides is 1. The van der Waals surface area contributed by atoms with E-state index in [-0.39, 0.29) is 5.91 Å². The number of rotatable bonds is 9. The van der Waals surface area contributed by atoms with Crippen molar-refractivity contribution in [3.63, 3.8) is 0 Å². The van der Waals surface area contributed by atoms with E-state index >= 15 is 0 Å². The molecule has 1 aliphatic heterocycles. The van der Waals surface area contributed by atoms with Crippen molar-refractivity contribution in [3.05, 3.63) is 59.8 Å². The Morgan fingerprint density at radius 2 is 1.94 bits per heavy atom. The number of methoxy groups -OCH3 is 1. The Balaban J connectivity index is 1.60. The first-order valence-corrected chi connectivity index (χ1v) is 11.2. The van der Waals surface area contributed by atoms with Gasteiger partial charge in [-0.2, -0.15) is 0 Å². The van der Waals surface area contributed by atoms with Gasteiger partial charge in [0.2, 0.25) is 0 Å². The molecule has 2 heterocycles. The molecule has 7 nitrogen and oxygen atoms in total. The molecule has 3 aromatic rings. The lowest BCUT2D eigenvalue weighted by atomic mass is 10.2. The van der Waals surface area contributed by atoms with Crippen molar-refractivity contribution in [3.8, 4) is 11.5 Å². The second kappa shape index (κ2) is 10.5. The highest BCUT2D eigenvalue weighted by Gasteiger charge is 2.19. The van der Waals surface area contributed by atoms with E-state index in [9.17, 15) is 4.79 Å². The van der Waals surface area contributed by atoms with Gasteiger partial charge >= 0.3 is 0 Å². The third-order valence-electron chi connectivity index (χ3n) is 5.73. The summed E-state index contributed by atoms with van der Waals surface area (Å²) in [6.07, 6.45) is 0. The highest BCUT2D eigenvalue weighted by Crippen LogP contribution is 2.30. The zero-order chi connectivity index (χ0) is 22.3. The number of carbonyl (C=O) groups is 1. The SMILES string of the molecule is CCOc1cccc2c1cc(C(=O)NCCN1CCOCC1)n2Cc1cccc(OC)c1. The summed E-state index contributed by atoms with van der Waals surface area (Å²) in [6, 6.07) is 15.8. The maximum absolute atomic E-state index is 13.2. The average Bonchev–Trinajstić information content (AvgIpc) is 3.19. The van der Waals surface area contributed by atoms with Crippen LogP contribution < -0.4 is 14.8 Å². The van der Waals surface area contributed by atoms with Gasteiger partial charge in [-0.05, 0) is 42.8 Å². The van der Waals surface area contributed by atoms with Crippen LogP contribution in [0.5, 0.6) is 11.5 Å². The van der Waals surface area contributed by atoms with Crippen LogP contribution in [0.2, 0.25) is 0 Å². The van der Waals surface area contributed by atoms with Gasteiger partial charge in [0.15, 0.2) is 0 Å². The van der Waals surface area contributed by atoms with E-state index < -0.39 is 0 Å². The molecule has 0 atom stereocenters. The fourth-order valence-electron chi connectivity index (χ4n) is 4.09. The number of nitrogens with one attached hydrogen (secondary N) is 1. The Morgan fingerprint density at radius 3 is 2.72 bits per heavy atom. The number of carbonyl (C=O) groups excluding carboxylic acids is 1. The topological polar surface area (TPSA) is 65.0 Å². The van der Waals surface area contributed by atoms with Crippen molar-refractivity contribution in [2.75, 3.05) is 53.1 Å². The first-order valence-electron chi connectivity index (χ1n) is 11.2. The Hall–Kier alpha value is -3.03. The van der Waals surface area contributed by atoms with Crippen LogP contribution in [0.15, 0.2) is 48.5 Å². The summed E-state index contributed by atoms with van der Waals surface area (Å²) in [5, 5.41) is 4.04. The molecular formula is C25H31N3O4. The fraction of sp³-hybridized carbons (Fsp3) is 0.400. The number of aromatic nitrogens is 1. The highest BCUT2D eigenvalue weighted by atomic mass is 16.5. The normalized spacial score (nSPS) is 14.4. The van der Waals surface area contributed by atoms with Crippen molar-refractivity contribution in [1.82, 2.24) is 14.8 Å². The summed E-state index contributed by atoms with van der Waals surface area (Å²) in [7, 11) is 1.66. The monoisotopic (exact) mass is 437 g/mol. The van der Waals surface area contributed by atoms with Crippen molar-refractivity contribution < 1.29 is 19.0 Å². The second-order valence-corrected chi connectivity index (χ2v) is 7.80. The molecular weight excluding hydrogens is 406 g/mol. The van der Waals surface area contributed by atoms with Crippen molar-refractivity contribution >= 4 is 16.8 Å². The predicted molar refractivity (Wildman–Crippen MR) is 125 cm³/mol. The minimum atomic E-state index is -0.0835. The molecule has 1 aliphatic rings. The van der Waals surface area contributed by atoms with Crippen molar-refractivity contribution in [1.29, 1.82) is 0 Å². The van der Waals surface area contributed by atoms with Gasteiger partial charge in [-0.25, -0.2) is 0 Å². The number of hydrogen-bond donors (Lipinski definition) is 1. The number of fused-ring (bicyclic) bond motifs is 1. The fourth-order valence-corrected chi connectivity index (χ4v) is 4.09. The van der Waals surface area contributed by atoms with Crippen LogP contribution in [0.3, 0.4) is 0 Å². The van der Waals surface area contributed by atoms with Crippen LogP contribution in [-0.2, 0) is 11.3 Å². The van der Waals surface area contributed by atoms with Gasteiger partial charge in [-0.15, -0.1) is 0 Å². The van der Waals surface area contributed by atoms with Gasteiger partial charge in [0.1, 0.15) is 17.2 Å². The Bertz CT molecular complexity index is 1060. The van der Waals surface area contributed by atoms with Gasteiger partial charge in [-0.3, -0.25) is 9.69 Å². The minimum Gasteiger partial charge on any atom is -0.497 e. The van der Waals surface area contributed by atoms with E-state index in [0.29, 0.717) is 25.4 Å². The summed E-state index contributed by atoms with van der Waals surface area (Å²) in [4.78, 5) is 15.5. The smallest absolute Gasteiger partial charge is 0.268 e. The summed E-state index contributed by atoms with van der Waals surface area (Å²) >= 11 is 0. The van der Waals surface area contributed by atoms with E-state index in [1.165, 1.54) is 0 Å². The molecule has 0 spiro atoms. The lowest BCUT2D eigenvalue weighted by Crippen LogP contribution is -2.41. The maximum atomic E-state index is 13.2. The molecule has 0 radical (unpaired) electrons. The van der Waals surface area contributed by atoms with E-state index in [2.05, 4.69) is 14.8 Å². The van der Waals surface area contributed by atoms with Crippen LogP contribution in [-0.4, -0.2) is 68.5 Å². The highest BCUT2D eigenvalue weighted by molar-refractivity contribution is 6.00. The first-order chi connectivity index (χ1) is 15.7. The summed E-state index contributed by atoms with van der Waals surface area (Å²) in [5.41, 5.74) is 2.65. The molecule has 170 valence electrons. The summed E-state index contributed by atoms with van der Waals surface area (Å²) in [6.45, 7) is 7.82. The average molecular weight is 438 g/mol. The van der Waals surface area contributed by atoms with Crippen molar-refractivity contribution in [2.24, 2.45) is 0 Å². The molecule has 1 aromatic heterocycles. The van der Waals surface area contributed by atoms with E-state index in [1.807, 2.05) is 55.5 Å². The van der Waals surface area contributed by atoms with Gasteiger partial charge in [0, 0.05) is 38.1 Å². The molecule has 0 saturated carbocycles. The molecule has 4 rings (SSSR count). The molecule has 0 bridgehead atoms. The Kier molecular flexibility index (Phi) is 7.29. The summed E-state index contributed by atoms with van der Waals surface area (Å²) < 4.78 is 18.7. The zero-order valence-electron chi connectivity index (χ0n) is 18.8. The number of ether oxygens (including phenoxy) is 3. The van der Waals surface area contributed by atoms with Crippen LogP contribution in [0.1, 0.15) is 23.0 Å². The summed E-state index contributed by atoms with van der Waals surface area (Å²) in [5.74, 6) is 1.50. The molecule has 1 fully saturated rings. The van der Waals surface area contributed by atoms with E-state index in [1.54, 1.807) is 7.11 Å². The molecule has 1 amide bonds. The number of benzene rings is 2. The van der Waals surface area contributed by atoms with Crippen LogP contribution in [0.4, 0.5) is 0 Å². The van der Waals surface area contributed by atoms with Crippen LogP contribution in [0.25, 0.3) is 10.9 Å². The van der Waals surface area contributed by atoms with Gasteiger partial charge in [0.25, 0.3) is 5.91 Å². The van der Waals surface area contributed by atoms with Crippen LogP contribution >= 0.6 is 0 Å². The lowest BCUT2D eigenvalue weighted by molar-refractivity contribution is 0.0383. The second-order valence-electron chi connectivity index (χ2n) is 7.80. The standard InChI is InChI=1S/C25H31N3O4/c1-3-32-24-9-5-8-22-21(24)17-23(25(29)26-10-11-27-12-14-31-15-13-27)28(22)18-19-6-4-7-20(16-19)30-2/h4-9,16-17H,3,10-15,18H2,1-2H3,(H,26,29). The predicted octanol–water partition coefficient (Wildman–Crippen LogP) is 3.16. The van der Waals surface area contributed by atoms with Gasteiger partial charge in [-0.1, -0.05) is 18.2 Å². The molecule has 1 saturated heterocycles. The first kappa shape index (κ1) is 22.2. The molecule has 32 heavy (non-hydrogen) atoms. The third-order valence-corrected chi connectivity index (χ3v) is 5.73. The largest absolute Gasteiger partial charge is 0.497 e. The maximum Gasteiger partial charge on any atom is 0.268 e. The Labute approximate surface area is 188 Å². The Morgan fingerprint density at radius 1 is 1.12 bits per heavy atom.